The van der Waals surface area contributed by atoms with E-state index in [0.29, 0.717) is 12.6 Å². The van der Waals surface area contributed by atoms with Crippen LogP contribution in [0.1, 0.15) is 13.3 Å². The van der Waals surface area contributed by atoms with Crippen molar-refractivity contribution >= 4 is 16.4 Å². The van der Waals surface area contributed by atoms with Gasteiger partial charge in [-0.2, -0.15) is 0 Å². The van der Waals surface area contributed by atoms with Gasteiger partial charge < -0.3 is 9.47 Å². The van der Waals surface area contributed by atoms with Gasteiger partial charge in [0.2, 0.25) is 0 Å². The van der Waals surface area contributed by atoms with E-state index in [4.69, 9.17) is 9.47 Å². The maximum absolute atomic E-state index is 5.73. The van der Waals surface area contributed by atoms with E-state index in [1.165, 1.54) is 0 Å². The minimum Gasteiger partial charge on any atom is -0.382 e. The summed E-state index contributed by atoms with van der Waals surface area (Å²) < 4.78 is 10.8. The van der Waals surface area contributed by atoms with Crippen molar-refractivity contribution in [2.45, 2.75) is 25.5 Å². The van der Waals surface area contributed by atoms with Crippen LogP contribution in [-0.4, -0.2) is 40.3 Å². The molecule has 0 saturated carbocycles. The van der Waals surface area contributed by atoms with E-state index < -0.39 is 0 Å². The average molecular weight is 202 g/mol. The van der Waals surface area contributed by atoms with Crippen LogP contribution in [0.4, 0.5) is 0 Å². The SMILES string of the molecule is BC(CC)OC(/C=C/PC)COC. The topological polar surface area (TPSA) is 18.5 Å². The minimum absolute atomic E-state index is 0.118. The molecule has 0 aliphatic carbocycles. The van der Waals surface area contributed by atoms with Crippen molar-refractivity contribution < 1.29 is 9.47 Å². The highest BCUT2D eigenvalue weighted by Gasteiger charge is 2.08. The Labute approximate surface area is 84.3 Å². The van der Waals surface area contributed by atoms with Crippen LogP contribution in [0.5, 0.6) is 0 Å². The Kier molecular flexibility index (Phi) is 8.84. The summed E-state index contributed by atoms with van der Waals surface area (Å²) in [5.74, 6) is 2.14. The number of ether oxygens (including phenoxy) is 2. The monoisotopic (exact) mass is 202 g/mol. The molecule has 13 heavy (non-hydrogen) atoms. The lowest BCUT2D eigenvalue weighted by molar-refractivity contribution is 0.00835. The summed E-state index contributed by atoms with van der Waals surface area (Å²) in [6.07, 6.45) is 3.25. The normalized spacial score (nSPS) is 17.2. The first-order valence-electron chi connectivity index (χ1n) is 4.72. The Morgan fingerprint density at radius 2 is 2.23 bits per heavy atom. The molecule has 3 unspecified atom stereocenters. The van der Waals surface area contributed by atoms with Gasteiger partial charge in [-0.05, 0) is 13.1 Å². The highest BCUT2D eigenvalue weighted by Crippen LogP contribution is 2.08. The molecule has 0 fully saturated rings. The van der Waals surface area contributed by atoms with E-state index in [1.54, 1.807) is 7.11 Å². The number of methoxy groups -OCH3 is 1. The van der Waals surface area contributed by atoms with E-state index >= 15 is 0 Å². The standard InChI is InChI=1S/C9H20BO2P/c1-4-9(10)12-8(7-11-2)5-6-13-3/h5-6,8-9,13H,4,7,10H2,1-3H3/b6-5+. The minimum atomic E-state index is 0.118. The van der Waals surface area contributed by atoms with E-state index in [-0.39, 0.29) is 6.10 Å². The second kappa shape index (κ2) is 8.74. The van der Waals surface area contributed by atoms with Gasteiger partial charge in [-0.1, -0.05) is 18.8 Å². The largest absolute Gasteiger partial charge is 0.382 e. The number of rotatable bonds is 7. The fourth-order valence-electron chi connectivity index (χ4n) is 0.903. The summed E-state index contributed by atoms with van der Waals surface area (Å²) in [7, 11) is 4.63. The van der Waals surface area contributed by atoms with Crippen LogP contribution in [0, 0.1) is 0 Å². The summed E-state index contributed by atoms with van der Waals surface area (Å²) >= 11 is 0. The molecule has 76 valence electrons. The fourth-order valence-corrected chi connectivity index (χ4v) is 1.31. The molecule has 0 aliphatic rings. The van der Waals surface area contributed by atoms with Crippen LogP contribution in [0.15, 0.2) is 11.9 Å². The summed E-state index contributed by atoms with van der Waals surface area (Å²) in [6.45, 7) is 4.91. The van der Waals surface area contributed by atoms with Crippen molar-refractivity contribution in [3.05, 3.63) is 11.9 Å². The van der Waals surface area contributed by atoms with E-state index in [0.717, 1.165) is 15.0 Å². The van der Waals surface area contributed by atoms with Gasteiger partial charge >= 0.3 is 0 Å². The molecule has 0 radical (unpaired) electrons. The first-order chi connectivity index (χ1) is 6.24. The van der Waals surface area contributed by atoms with Gasteiger partial charge in [0, 0.05) is 13.1 Å². The van der Waals surface area contributed by atoms with Crippen molar-refractivity contribution in [2.24, 2.45) is 0 Å². The second-order valence-corrected chi connectivity index (χ2v) is 3.91. The van der Waals surface area contributed by atoms with Crippen molar-refractivity contribution in [3.63, 3.8) is 0 Å². The zero-order valence-electron chi connectivity index (χ0n) is 9.04. The van der Waals surface area contributed by atoms with Crippen molar-refractivity contribution in [1.82, 2.24) is 0 Å². The Balaban J connectivity index is 3.85. The van der Waals surface area contributed by atoms with Crippen molar-refractivity contribution in [2.75, 3.05) is 20.4 Å². The molecule has 0 aliphatic heterocycles. The van der Waals surface area contributed by atoms with Crippen LogP contribution >= 0.6 is 8.58 Å². The van der Waals surface area contributed by atoms with E-state index in [9.17, 15) is 0 Å². The smallest absolute Gasteiger partial charge is 0.139 e. The van der Waals surface area contributed by atoms with Crippen LogP contribution in [0.25, 0.3) is 0 Å². The predicted molar refractivity (Wildman–Crippen MR) is 62.8 cm³/mol. The molecule has 0 bridgehead atoms. The molecular weight excluding hydrogens is 182 g/mol. The molecule has 2 nitrogen and oxygen atoms in total. The Bertz CT molecular complexity index is 142. The van der Waals surface area contributed by atoms with Crippen molar-refractivity contribution in [3.8, 4) is 0 Å². The van der Waals surface area contributed by atoms with Gasteiger partial charge in [0.15, 0.2) is 0 Å². The lowest BCUT2D eigenvalue weighted by atomic mass is 9.97. The molecule has 4 heteroatoms. The van der Waals surface area contributed by atoms with Gasteiger partial charge in [0.05, 0.1) is 12.7 Å². The molecule has 0 aromatic heterocycles. The lowest BCUT2D eigenvalue weighted by Gasteiger charge is -2.18. The quantitative estimate of drug-likeness (QED) is 0.456. The zero-order valence-corrected chi connectivity index (χ0v) is 10.0. The molecule has 3 atom stereocenters. The predicted octanol–water partition coefficient (Wildman–Crippen LogP) is 1.21. The van der Waals surface area contributed by atoms with Gasteiger partial charge in [-0.3, -0.25) is 0 Å². The zero-order chi connectivity index (χ0) is 10.1. The summed E-state index contributed by atoms with van der Waals surface area (Å²) in [5, 5.41) is 0. The van der Waals surface area contributed by atoms with E-state index in [2.05, 4.69) is 33.3 Å². The molecule has 0 rings (SSSR count). The van der Waals surface area contributed by atoms with Crippen LogP contribution in [0.3, 0.4) is 0 Å². The average Bonchev–Trinajstić information content (AvgIpc) is 2.14. The Morgan fingerprint density at radius 1 is 1.54 bits per heavy atom. The van der Waals surface area contributed by atoms with Gasteiger partial charge in [-0.15, -0.1) is 8.58 Å². The molecule has 0 aromatic rings. The fraction of sp³-hybridized carbons (Fsp3) is 0.778. The van der Waals surface area contributed by atoms with Gasteiger partial charge in [0.25, 0.3) is 0 Å². The Morgan fingerprint density at radius 3 is 2.69 bits per heavy atom. The van der Waals surface area contributed by atoms with Crippen LogP contribution in [-0.2, 0) is 9.47 Å². The molecular formula is C9H20BO2P. The molecule has 0 amide bonds. The van der Waals surface area contributed by atoms with Crippen LogP contribution < -0.4 is 0 Å². The van der Waals surface area contributed by atoms with E-state index in [1.807, 2.05) is 0 Å². The summed E-state index contributed by atoms with van der Waals surface area (Å²) in [5.41, 5.74) is 0. The van der Waals surface area contributed by atoms with Crippen LogP contribution in [0.2, 0.25) is 0 Å². The van der Waals surface area contributed by atoms with Gasteiger partial charge in [0.1, 0.15) is 7.85 Å². The summed E-state index contributed by atoms with van der Waals surface area (Å²) in [6, 6.07) is 0.310. The molecule has 0 saturated heterocycles. The first kappa shape index (κ1) is 13.2. The third kappa shape index (κ3) is 7.24. The third-order valence-electron chi connectivity index (χ3n) is 1.79. The maximum Gasteiger partial charge on any atom is 0.139 e. The second-order valence-electron chi connectivity index (χ2n) is 3.00. The highest BCUT2D eigenvalue weighted by atomic mass is 31.1. The number of hydrogen-bond acceptors (Lipinski definition) is 2. The molecule has 0 heterocycles. The molecule has 0 spiro atoms. The highest BCUT2D eigenvalue weighted by molar-refractivity contribution is 7.40. The first-order valence-corrected chi connectivity index (χ1v) is 6.30. The van der Waals surface area contributed by atoms with Gasteiger partial charge in [-0.25, -0.2) is 0 Å². The summed E-state index contributed by atoms with van der Waals surface area (Å²) in [4.78, 5) is 0. The van der Waals surface area contributed by atoms with Crippen molar-refractivity contribution in [1.29, 1.82) is 0 Å². The number of hydrogen-bond donors (Lipinski definition) is 0. The third-order valence-corrected chi connectivity index (χ3v) is 2.32. The maximum atomic E-state index is 5.73. The Hall–Kier alpha value is 0.155. The molecule has 0 aromatic carbocycles. The molecule has 0 N–H and O–H groups in total. The lowest BCUT2D eigenvalue weighted by Crippen LogP contribution is -2.24.